The molecule has 1 aromatic rings. The summed E-state index contributed by atoms with van der Waals surface area (Å²) in [7, 11) is 2.23. The van der Waals surface area contributed by atoms with Crippen LogP contribution in [0.3, 0.4) is 0 Å². The molecule has 18 heavy (non-hydrogen) atoms. The van der Waals surface area contributed by atoms with Crippen LogP contribution in [0.25, 0.3) is 0 Å². The van der Waals surface area contributed by atoms with Gasteiger partial charge in [-0.2, -0.15) is 0 Å². The fourth-order valence-corrected chi connectivity index (χ4v) is 3.17. The molecule has 0 amide bonds. The van der Waals surface area contributed by atoms with Gasteiger partial charge in [-0.05, 0) is 44.8 Å². The molecule has 1 heterocycles. The van der Waals surface area contributed by atoms with Crippen LogP contribution in [0.2, 0.25) is 0 Å². The lowest BCUT2D eigenvalue weighted by Gasteiger charge is -2.43. The van der Waals surface area contributed by atoms with Crippen molar-refractivity contribution in [2.75, 3.05) is 20.1 Å². The molecule has 2 atom stereocenters. The summed E-state index contributed by atoms with van der Waals surface area (Å²) < 4.78 is 0. The molecule has 0 radical (unpaired) electrons. The van der Waals surface area contributed by atoms with Crippen LogP contribution in [0.4, 0.5) is 0 Å². The Morgan fingerprint density at radius 2 is 2.33 bits per heavy atom. The van der Waals surface area contributed by atoms with Crippen LogP contribution in [0.15, 0.2) is 10.9 Å². The molecule has 102 valence electrons. The third-order valence-corrected chi connectivity index (χ3v) is 4.43. The van der Waals surface area contributed by atoms with E-state index >= 15 is 0 Å². The minimum absolute atomic E-state index is 0.742. The Kier molecular flexibility index (Phi) is 5.15. The molecule has 0 saturated heterocycles. The van der Waals surface area contributed by atoms with E-state index in [-0.39, 0.29) is 0 Å². The average molecular weight is 267 g/mol. The van der Waals surface area contributed by atoms with E-state index in [1.54, 1.807) is 11.3 Å². The van der Waals surface area contributed by atoms with Crippen LogP contribution >= 0.6 is 11.3 Å². The van der Waals surface area contributed by atoms with Gasteiger partial charge in [-0.3, -0.25) is 4.90 Å². The largest absolute Gasteiger partial charge is 0.316 e. The van der Waals surface area contributed by atoms with Crippen LogP contribution in [-0.2, 0) is 6.54 Å². The van der Waals surface area contributed by atoms with E-state index in [0.29, 0.717) is 0 Å². The third-order valence-electron chi connectivity index (χ3n) is 3.80. The van der Waals surface area contributed by atoms with Crippen molar-refractivity contribution in [3.05, 3.63) is 16.6 Å². The van der Waals surface area contributed by atoms with Gasteiger partial charge in [-0.15, -0.1) is 11.3 Å². The van der Waals surface area contributed by atoms with Crippen LogP contribution in [0, 0.1) is 11.8 Å². The second-order valence-corrected chi connectivity index (χ2v) is 6.57. The van der Waals surface area contributed by atoms with Gasteiger partial charge in [-0.1, -0.05) is 13.8 Å². The predicted octanol–water partition coefficient (Wildman–Crippen LogP) is 2.60. The van der Waals surface area contributed by atoms with Crippen LogP contribution < -0.4 is 5.32 Å². The lowest BCUT2D eigenvalue weighted by Crippen LogP contribution is -2.49. The molecular formula is C14H25N3S. The fourth-order valence-electron chi connectivity index (χ4n) is 2.62. The monoisotopic (exact) mass is 267 g/mol. The Labute approximate surface area is 115 Å². The van der Waals surface area contributed by atoms with Crippen molar-refractivity contribution in [2.45, 2.75) is 39.3 Å². The number of rotatable bonds is 7. The third kappa shape index (κ3) is 3.77. The summed E-state index contributed by atoms with van der Waals surface area (Å²) in [6.45, 7) is 7.83. The lowest BCUT2D eigenvalue weighted by molar-refractivity contribution is 0.0768. The number of nitrogens with one attached hydrogen (secondary N) is 1. The number of nitrogens with zero attached hydrogens (tertiary/aromatic N) is 2. The summed E-state index contributed by atoms with van der Waals surface area (Å²) >= 11 is 1.69. The minimum Gasteiger partial charge on any atom is -0.316 e. The quantitative estimate of drug-likeness (QED) is 0.823. The van der Waals surface area contributed by atoms with Crippen molar-refractivity contribution in [2.24, 2.45) is 11.8 Å². The maximum absolute atomic E-state index is 4.37. The summed E-state index contributed by atoms with van der Waals surface area (Å²) in [5.41, 5.74) is 3.13. The molecular weight excluding hydrogens is 242 g/mol. The van der Waals surface area contributed by atoms with Gasteiger partial charge in [0, 0.05) is 18.0 Å². The van der Waals surface area contributed by atoms with Crippen molar-refractivity contribution in [3.8, 4) is 0 Å². The number of hydrogen-bond donors (Lipinski definition) is 1. The highest BCUT2D eigenvalue weighted by atomic mass is 32.1. The van der Waals surface area contributed by atoms with Crippen molar-refractivity contribution in [1.29, 1.82) is 0 Å². The van der Waals surface area contributed by atoms with Crippen molar-refractivity contribution >= 4 is 11.3 Å². The van der Waals surface area contributed by atoms with E-state index < -0.39 is 0 Å². The van der Waals surface area contributed by atoms with Gasteiger partial charge in [-0.25, -0.2) is 4.98 Å². The lowest BCUT2D eigenvalue weighted by atomic mass is 9.78. The number of aromatic nitrogens is 1. The highest BCUT2D eigenvalue weighted by Crippen LogP contribution is 2.31. The standard InChI is InChI=1S/C14H25N3S/c1-11(2)6-15-7-12-4-5-14(12)17(3)8-13-9-18-10-16-13/h9-12,14-15H,4-8H2,1-3H3. The molecule has 1 fully saturated rings. The highest BCUT2D eigenvalue weighted by Gasteiger charge is 2.33. The van der Waals surface area contributed by atoms with Gasteiger partial charge in [0.1, 0.15) is 0 Å². The first-order valence-electron chi connectivity index (χ1n) is 6.95. The fraction of sp³-hybridized carbons (Fsp3) is 0.786. The van der Waals surface area contributed by atoms with Crippen molar-refractivity contribution < 1.29 is 0 Å². The Bertz CT molecular complexity index is 337. The second kappa shape index (κ2) is 6.64. The van der Waals surface area contributed by atoms with Gasteiger partial charge in [0.05, 0.1) is 11.2 Å². The zero-order valence-corrected chi connectivity index (χ0v) is 12.5. The maximum atomic E-state index is 4.37. The Morgan fingerprint density at radius 1 is 1.50 bits per heavy atom. The van der Waals surface area contributed by atoms with Gasteiger partial charge in [0.2, 0.25) is 0 Å². The smallest absolute Gasteiger partial charge is 0.0795 e. The Morgan fingerprint density at radius 3 is 2.89 bits per heavy atom. The molecule has 1 aromatic heterocycles. The molecule has 0 aromatic carbocycles. The maximum Gasteiger partial charge on any atom is 0.0795 e. The van der Waals surface area contributed by atoms with Crippen molar-refractivity contribution in [1.82, 2.24) is 15.2 Å². The summed E-state index contributed by atoms with van der Waals surface area (Å²) in [5.74, 6) is 1.57. The van der Waals surface area contributed by atoms with Crippen LogP contribution in [0.1, 0.15) is 32.4 Å². The first-order valence-corrected chi connectivity index (χ1v) is 7.89. The topological polar surface area (TPSA) is 28.2 Å². The van der Waals surface area contributed by atoms with E-state index in [0.717, 1.165) is 31.0 Å². The van der Waals surface area contributed by atoms with E-state index in [1.807, 2.05) is 5.51 Å². The van der Waals surface area contributed by atoms with Crippen molar-refractivity contribution in [3.63, 3.8) is 0 Å². The summed E-state index contributed by atoms with van der Waals surface area (Å²) in [6, 6.07) is 0.742. The molecule has 3 nitrogen and oxygen atoms in total. The summed E-state index contributed by atoms with van der Waals surface area (Å²) in [4.78, 5) is 6.84. The Balaban J connectivity index is 1.72. The summed E-state index contributed by atoms with van der Waals surface area (Å²) in [6.07, 6.45) is 2.71. The Hall–Kier alpha value is -0.450. The minimum atomic E-state index is 0.742. The first kappa shape index (κ1) is 14.0. The zero-order chi connectivity index (χ0) is 13.0. The van der Waals surface area contributed by atoms with Crippen LogP contribution in [-0.4, -0.2) is 36.1 Å². The van der Waals surface area contributed by atoms with E-state index in [9.17, 15) is 0 Å². The van der Waals surface area contributed by atoms with Crippen LogP contribution in [0.5, 0.6) is 0 Å². The average Bonchev–Trinajstić information content (AvgIpc) is 2.74. The molecule has 4 heteroatoms. The number of thiazole rings is 1. The SMILES string of the molecule is CC(C)CNCC1CCC1N(C)Cc1cscn1. The molecule has 0 spiro atoms. The van der Waals surface area contributed by atoms with Gasteiger partial charge in [0.15, 0.2) is 0 Å². The summed E-state index contributed by atoms with van der Waals surface area (Å²) in [5, 5.41) is 5.74. The van der Waals surface area contributed by atoms with E-state index in [2.05, 4.69) is 41.5 Å². The molecule has 2 rings (SSSR count). The highest BCUT2D eigenvalue weighted by molar-refractivity contribution is 7.07. The predicted molar refractivity (Wildman–Crippen MR) is 77.8 cm³/mol. The van der Waals surface area contributed by atoms with E-state index in [1.165, 1.54) is 25.1 Å². The van der Waals surface area contributed by atoms with Gasteiger partial charge in [0.25, 0.3) is 0 Å². The molecule has 1 saturated carbocycles. The van der Waals surface area contributed by atoms with Gasteiger partial charge >= 0.3 is 0 Å². The molecule has 0 aliphatic heterocycles. The van der Waals surface area contributed by atoms with E-state index in [4.69, 9.17) is 0 Å². The zero-order valence-electron chi connectivity index (χ0n) is 11.7. The molecule has 1 aliphatic carbocycles. The number of hydrogen-bond acceptors (Lipinski definition) is 4. The molecule has 0 bridgehead atoms. The second-order valence-electron chi connectivity index (χ2n) is 5.85. The molecule has 1 N–H and O–H groups in total. The first-order chi connectivity index (χ1) is 8.66. The normalized spacial score (nSPS) is 23.6. The molecule has 2 unspecified atom stereocenters. The van der Waals surface area contributed by atoms with Gasteiger partial charge < -0.3 is 5.32 Å². The molecule has 1 aliphatic rings.